The van der Waals surface area contributed by atoms with Crippen molar-refractivity contribution >= 4 is 0 Å². The molecule has 0 radical (unpaired) electrons. The Morgan fingerprint density at radius 3 is 2.79 bits per heavy atom. The van der Waals surface area contributed by atoms with Crippen molar-refractivity contribution in [3.05, 3.63) is 41.2 Å². The summed E-state index contributed by atoms with van der Waals surface area (Å²) in [6.45, 7) is 0.676. The maximum absolute atomic E-state index is 13.3. The Kier molecular flexibility index (Phi) is 3.06. The summed E-state index contributed by atoms with van der Waals surface area (Å²) >= 11 is 0. The maximum atomic E-state index is 13.3. The summed E-state index contributed by atoms with van der Waals surface area (Å²) in [5.74, 6) is -1.13. The van der Waals surface area contributed by atoms with Crippen LogP contribution >= 0.6 is 0 Å². The fraction of sp³-hybridized carbons (Fsp3) is 0.357. The topological polar surface area (TPSA) is 38.1 Å². The zero-order chi connectivity index (χ0) is 13.4. The number of aliphatic hydroxyl groups excluding tert-OH is 1. The zero-order valence-electron chi connectivity index (χ0n) is 10.4. The number of benzene rings is 1. The molecule has 0 saturated carbocycles. The minimum atomic E-state index is -0.879. The molecule has 3 rings (SSSR count). The molecule has 0 fully saturated rings. The van der Waals surface area contributed by atoms with Crippen LogP contribution in [0.4, 0.5) is 8.78 Å². The van der Waals surface area contributed by atoms with E-state index in [9.17, 15) is 13.9 Å². The molecule has 2 heterocycles. The average molecular weight is 264 g/mol. The van der Waals surface area contributed by atoms with E-state index in [4.69, 9.17) is 0 Å². The molecule has 1 N–H and O–H groups in total. The van der Waals surface area contributed by atoms with Crippen LogP contribution in [-0.2, 0) is 19.6 Å². The SMILES string of the molecule is OCc1nc(-c2ccc(F)c(F)c2)n2c1CCCC2. The molecule has 3 nitrogen and oxygen atoms in total. The van der Waals surface area contributed by atoms with Crippen LogP contribution in [0.2, 0.25) is 0 Å². The van der Waals surface area contributed by atoms with Crippen LogP contribution in [0, 0.1) is 11.6 Å². The highest BCUT2D eigenvalue weighted by Gasteiger charge is 2.20. The molecular formula is C14H14F2N2O. The Bertz CT molecular complexity index is 622. The number of hydrogen-bond donors (Lipinski definition) is 1. The standard InChI is InChI=1S/C14H14F2N2O/c15-10-5-4-9(7-11(10)16)14-17-12(8-19)13-3-1-2-6-18(13)14/h4-5,7,19H,1-3,6,8H2. The van der Waals surface area contributed by atoms with E-state index in [1.807, 2.05) is 4.57 Å². The summed E-state index contributed by atoms with van der Waals surface area (Å²) in [6, 6.07) is 3.78. The Labute approximate surface area is 109 Å². The molecule has 0 saturated heterocycles. The van der Waals surface area contributed by atoms with Crippen molar-refractivity contribution in [1.29, 1.82) is 0 Å². The van der Waals surface area contributed by atoms with Gasteiger partial charge in [0.25, 0.3) is 0 Å². The highest BCUT2D eigenvalue weighted by molar-refractivity contribution is 5.57. The van der Waals surface area contributed by atoms with Crippen molar-refractivity contribution in [2.45, 2.75) is 32.4 Å². The number of imidazole rings is 1. The lowest BCUT2D eigenvalue weighted by molar-refractivity contribution is 0.275. The van der Waals surface area contributed by atoms with Crippen LogP contribution in [0.15, 0.2) is 18.2 Å². The number of fused-ring (bicyclic) bond motifs is 1. The first-order valence-electron chi connectivity index (χ1n) is 6.35. The van der Waals surface area contributed by atoms with Crippen molar-refractivity contribution in [2.75, 3.05) is 0 Å². The Balaban J connectivity index is 2.14. The van der Waals surface area contributed by atoms with Gasteiger partial charge in [-0.3, -0.25) is 0 Å². The highest BCUT2D eigenvalue weighted by Crippen LogP contribution is 2.28. The van der Waals surface area contributed by atoms with Gasteiger partial charge in [-0.05, 0) is 37.5 Å². The van der Waals surface area contributed by atoms with Gasteiger partial charge in [-0.2, -0.15) is 0 Å². The third-order valence-electron chi connectivity index (χ3n) is 3.53. The van der Waals surface area contributed by atoms with E-state index >= 15 is 0 Å². The minimum Gasteiger partial charge on any atom is -0.390 e. The number of aromatic nitrogens is 2. The molecule has 100 valence electrons. The van der Waals surface area contributed by atoms with Gasteiger partial charge >= 0.3 is 0 Å². The van der Waals surface area contributed by atoms with E-state index in [1.54, 1.807) is 0 Å². The van der Waals surface area contributed by atoms with E-state index in [-0.39, 0.29) is 6.61 Å². The molecule has 0 bridgehead atoms. The molecule has 0 amide bonds. The Hall–Kier alpha value is -1.75. The Morgan fingerprint density at radius 2 is 2.05 bits per heavy atom. The normalized spacial score (nSPS) is 14.5. The first-order valence-corrected chi connectivity index (χ1v) is 6.35. The first-order chi connectivity index (χ1) is 9.20. The Morgan fingerprint density at radius 1 is 1.21 bits per heavy atom. The quantitative estimate of drug-likeness (QED) is 0.905. The fourth-order valence-corrected chi connectivity index (χ4v) is 2.60. The molecule has 0 aliphatic carbocycles. The fourth-order valence-electron chi connectivity index (χ4n) is 2.60. The van der Waals surface area contributed by atoms with E-state index in [1.165, 1.54) is 6.07 Å². The lowest BCUT2D eigenvalue weighted by Gasteiger charge is -2.17. The zero-order valence-corrected chi connectivity index (χ0v) is 10.4. The third-order valence-corrected chi connectivity index (χ3v) is 3.53. The summed E-state index contributed by atoms with van der Waals surface area (Å²) in [5, 5.41) is 9.34. The molecule has 1 aromatic carbocycles. The monoisotopic (exact) mass is 264 g/mol. The summed E-state index contributed by atoms with van der Waals surface area (Å²) in [7, 11) is 0. The smallest absolute Gasteiger partial charge is 0.159 e. The molecule has 5 heteroatoms. The maximum Gasteiger partial charge on any atom is 0.159 e. The predicted octanol–water partition coefficient (Wildman–Crippen LogP) is 2.66. The van der Waals surface area contributed by atoms with Crippen LogP contribution in [0.3, 0.4) is 0 Å². The lowest BCUT2D eigenvalue weighted by Crippen LogP contribution is -2.12. The van der Waals surface area contributed by atoms with Gasteiger partial charge in [-0.15, -0.1) is 0 Å². The predicted molar refractivity (Wildman–Crippen MR) is 66.4 cm³/mol. The van der Waals surface area contributed by atoms with Gasteiger partial charge in [0.15, 0.2) is 11.6 Å². The van der Waals surface area contributed by atoms with Crippen molar-refractivity contribution in [3.8, 4) is 11.4 Å². The largest absolute Gasteiger partial charge is 0.390 e. The number of nitrogens with zero attached hydrogens (tertiary/aromatic N) is 2. The third kappa shape index (κ3) is 2.04. The van der Waals surface area contributed by atoms with Gasteiger partial charge < -0.3 is 9.67 Å². The van der Waals surface area contributed by atoms with Gasteiger partial charge in [0, 0.05) is 17.8 Å². The molecule has 1 aliphatic rings. The van der Waals surface area contributed by atoms with Gasteiger partial charge in [-0.25, -0.2) is 13.8 Å². The molecule has 19 heavy (non-hydrogen) atoms. The van der Waals surface area contributed by atoms with Crippen LogP contribution in [0.5, 0.6) is 0 Å². The van der Waals surface area contributed by atoms with E-state index in [2.05, 4.69) is 4.98 Å². The van der Waals surface area contributed by atoms with Crippen molar-refractivity contribution in [3.63, 3.8) is 0 Å². The van der Waals surface area contributed by atoms with E-state index < -0.39 is 11.6 Å². The molecule has 1 aliphatic heterocycles. The summed E-state index contributed by atoms with van der Waals surface area (Å²) in [6.07, 6.45) is 2.97. The molecule has 0 spiro atoms. The molecule has 2 aromatic rings. The van der Waals surface area contributed by atoms with Crippen LogP contribution in [-0.4, -0.2) is 14.7 Å². The number of aliphatic hydroxyl groups is 1. The molecule has 0 unspecified atom stereocenters. The number of halogens is 2. The second-order valence-corrected chi connectivity index (χ2v) is 4.72. The lowest BCUT2D eigenvalue weighted by atomic mass is 10.1. The molecular weight excluding hydrogens is 250 g/mol. The highest BCUT2D eigenvalue weighted by atomic mass is 19.2. The van der Waals surface area contributed by atoms with Crippen molar-refractivity contribution in [2.24, 2.45) is 0 Å². The summed E-state index contributed by atoms with van der Waals surface area (Å²) in [5.41, 5.74) is 2.19. The first kappa shape index (κ1) is 12.3. The molecule has 0 atom stereocenters. The van der Waals surface area contributed by atoms with Gasteiger partial charge in [0.05, 0.1) is 12.3 Å². The molecule has 1 aromatic heterocycles. The summed E-state index contributed by atoms with van der Waals surface area (Å²) < 4.78 is 28.3. The van der Waals surface area contributed by atoms with E-state index in [0.717, 1.165) is 43.6 Å². The second kappa shape index (κ2) is 4.74. The van der Waals surface area contributed by atoms with Crippen LogP contribution in [0.1, 0.15) is 24.2 Å². The average Bonchev–Trinajstić information content (AvgIpc) is 2.81. The van der Waals surface area contributed by atoms with E-state index in [0.29, 0.717) is 17.1 Å². The van der Waals surface area contributed by atoms with Crippen LogP contribution in [0.25, 0.3) is 11.4 Å². The minimum absolute atomic E-state index is 0.126. The number of rotatable bonds is 2. The summed E-state index contributed by atoms with van der Waals surface area (Å²) in [4.78, 5) is 4.38. The van der Waals surface area contributed by atoms with Crippen molar-refractivity contribution in [1.82, 2.24) is 9.55 Å². The van der Waals surface area contributed by atoms with Crippen molar-refractivity contribution < 1.29 is 13.9 Å². The van der Waals surface area contributed by atoms with Crippen LogP contribution < -0.4 is 0 Å². The van der Waals surface area contributed by atoms with Gasteiger partial charge in [-0.1, -0.05) is 0 Å². The second-order valence-electron chi connectivity index (χ2n) is 4.72. The number of hydrogen-bond acceptors (Lipinski definition) is 2. The van der Waals surface area contributed by atoms with Gasteiger partial charge in [0.1, 0.15) is 5.82 Å². The van der Waals surface area contributed by atoms with Gasteiger partial charge in [0.2, 0.25) is 0 Å².